The van der Waals surface area contributed by atoms with E-state index in [9.17, 15) is 9.90 Å². The maximum Gasteiger partial charge on any atom is 0.130 e. The number of rotatable bonds is 8. The summed E-state index contributed by atoms with van der Waals surface area (Å²) in [5.74, 6) is 1.68. The molecular weight excluding hydrogens is 264 g/mol. The van der Waals surface area contributed by atoms with E-state index in [4.69, 9.17) is 4.74 Å². The maximum absolute atomic E-state index is 11.0. The third kappa shape index (κ3) is 5.88. The summed E-state index contributed by atoms with van der Waals surface area (Å²) in [5, 5.41) is 10.0. The van der Waals surface area contributed by atoms with Gasteiger partial charge < -0.3 is 14.6 Å². The van der Waals surface area contributed by atoms with E-state index < -0.39 is 0 Å². The van der Waals surface area contributed by atoms with E-state index in [1.165, 1.54) is 25.7 Å². The second-order valence-electron chi connectivity index (χ2n) is 6.20. The normalized spacial score (nSPS) is 16.9. The summed E-state index contributed by atoms with van der Waals surface area (Å²) in [5.41, 5.74) is 1.14. The van der Waals surface area contributed by atoms with Gasteiger partial charge in [0.05, 0.1) is 6.10 Å². The first kappa shape index (κ1) is 16.0. The number of aryl methyl sites for hydroxylation is 1. The predicted molar refractivity (Wildman–Crippen MR) is 83.5 cm³/mol. The van der Waals surface area contributed by atoms with E-state index >= 15 is 0 Å². The number of carbonyl (C=O) groups excluding carboxylic acids is 1. The molecule has 0 radical (unpaired) electrons. The van der Waals surface area contributed by atoms with Crippen molar-refractivity contribution in [2.24, 2.45) is 5.92 Å². The number of hydrogen-bond donors (Lipinski definition) is 1. The summed E-state index contributed by atoms with van der Waals surface area (Å²) < 4.78 is 5.64. The molecule has 1 aromatic rings. The second kappa shape index (κ2) is 8.18. The highest BCUT2D eigenvalue weighted by Crippen LogP contribution is 2.28. The zero-order valence-corrected chi connectivity index (χ0v) is 12.9. The molecule has 0 aromatic heterocycles. The van der Waals surface area contributed by atoms with Gasteiger partial charge in [0.2, 0.25) is 0 Å². The number of carbonyl (C=O) groups is 1. The third-order valence-corrected chi connectivity index (χ3v) is 4.21. The Bertz CT molecular complexity index is 432. The molecule has 3 nitrogen and oxygen atoms in total. The lowest BCUT2D eigenvalue weighted by Crippen LogP contribution is -2.20. The third-order valence-electron chi connectivity index (χ3n) is 4.21. The van der Waals surface area contributed by atoms with E-state index in [0.29, 0.717) is 18.9 Å². The molecule has 1 aromatic carbocycles. The summed E-state index contributed by atoms with van der Waals surface area (Å²) in [7, 11) is 0. The molecule has 116 valence electrons. The van der Waals surface area contributed by atoms with Gasteiger partial charge in [0.25, 0.3) is 0 Å². The van der Waals surface area contributed by atoms with E-state index in [2.05, 4.69) is 0 Å². The van der Waals surface area contributed by atoms with Crippen LogP contribution in [0.3, 0.4) is 0 Å². The van der Waals surface area contributed by atoms with Gasteiger partial charge in [-0.15, -0.1) is 0 Å². The number of Topliss-reactive ketones (excluding diaryl/α,β-unsaturated/α-hetero) is 1. The number of aliphatic hydroxyl groups is 1. The van der Waals surface area contributed by atoms with Gasteiger partial charge >= 0.3 is 0 Å². The number of aliphatic hydroxyl groups excluding tert-OH is 1. The van der Waals surface area contributed by atoms with Crippen molar-refractivity contribution in [2.75, 3.05) is 6.61 Å². The molecule has 1 atom stereocenters. The van der Waals surface area contributed by atoms with E-state index in [0.717, 1.165) is 24.2 Å². The lowest BCUT2D eigenvalue weighted by atomic mass is 10.0. The van der Waals surface area contributed by atoms with Crippen LogP contribution in [0, 0.1) is 5.92 Å². The van der Waals surface area contributed by atoms with E-state index in [-0.39, 0.29) is 11.9 Å². The van der Waals surface area contributed by atoms with Gasteiger partial charge in [0, 0.05) is 6.42 Å². The van der Waals surface area contributed by atoms with Crippen molar-refractivity contribution in [3.63, 3.8) is 0 Å². The highest BCUT2D eigenvalue weighted by molar-refractivity contribution is 5.75. The van der Waals surface area contributed by atoms with Crippen LogP contribution in [-0.2, 0) is 11.2 Å². The van der Waals surface area contributed by atoms with Gasteiger partial charge in [-0.05, 0) is 43.4 Å². The summed E-state index contributed by atoms with van der Waals surface area (Å²) in [6, 6.07) is 7.80. The van der Waals surface area contributed by atoms with Crippen molar-refractivity contribution >= 4 is 5.78 Å². The Morgan fingerprint density at radius 2 is 1.95 bits per heavy atom. The molecule has 0 spiro atoms. The maximum atomic E-state index is 11.0. The van der Waals surface area contributed by atoms with Crippen LogP contribution in [0.25, 0.3) is 0 Å². The number of ketones is 1. The molecule has 21 heavy (non-hydrogen) atoms. The molecule has 0 aliphatic heterocycles. The molecule has 1 aliphatic rings. The molecule has 1 aliphatic carbocycles. The Kier molecular flexibility index (Phi) is 6.24. The minimum atomic E-state index is -0.370. The molecule has 0 heterocycles. The fraction of sp³-hybridized carbons (Fsp3) is 0.611. The quantitative estimate of drug-likeness (QED) is 0.796. The fourth-order valence-corrected chi connectivity index (χ4v) is 2.96. The van der Waals surface area contributed by atoms with Crippen LogP contribution in [0.5, 0.6) is 5.75 Å². The smallest absolute Gasteiger partial charge is 0.130 e. The highest BCUT2D eigenvalue weighted by Gasteiger charge is 2.19. The Labute approximate surface area is 127 Å². The largest absolute Gasteiger partial charge is 0.491 e. The van der Waals surface area contributed by atoms with Gasteiger partial charge in [-0.2, -0.15) is 0 Å². The van der Waals surface area contributed by atoms with Crippen molar-refractivity contribution in [2.45, 2.75) is 58.0 Å². The van der Waals surface area contributed by atoms with Crippen LogP contribution in [-0.4, -0.2) is 23.6 Å². The van der Waals surface area contributed by atoms with Crippen molar-refractivity contribution in [1.82, 2.24) is 0 Å². The summed E-state index contributed by atoms with van der Waals surface area (Å²) in [6.07, 6.45) is 6.96. The molecule has 0 amide bonds. The van der Waals surface area contributed by atoms with Crippen LogP contribution in [0.4, 0.5) is 0 Å². The van der Waals surface area contributed by atoms with Crippen LogP contribution in [0.1, 0.15) is 51.0 Å². The van der Waals surface area contributed by atoms with Crippen molar-refractivity contribution in [3.8, 4) is 5.75 Å². The lowest BCUT2D eigenvalue weighted by molar-refractivity contribution is -0.116. The average molecular weight is 290 g/mol. The zero-order chi connectivity index (χ0) is 15.1. The minimum absolute atomic E-state index is 0.213. The van der Waals surface area contributed by atoms with Gasteiger partial charge in [0.15, 0.2) is 0 Å². The molecule has 1 unspecified atom stereocenters. The second-order valence-corrected chi connectivity index (χ2v) is 6.20. The van der Waals surface area contributed by atoms with Gasteiger partial charge in [-0.3, -0.25) is 0 Å². The predicted octanol–water partition coefficient (Wildman–Crippen LogP) is 3.53. The average Bonchev–Trinajstić information content (AvgIpc) is 2.97. The molecule has 2 rings (SSSR count). The zero-order valence-electron chi connectivity index (χ0n) is 12.9. The monoisotopic (exact) mass is 290 g/mol. The first-order chi connectivity index (χ1) is 10.1. The molecule has 0 bridgehead atoms. The van der Waals surface area contributed by atoms with Crippen LogP contribution in [0.15, 0.2) is 24.3 Å². The minimum Gasteiger partial charge on any atom is -0.491 e. The van der Waals surface area contributed by atoms with Crippen molar-refractivity contribution < 1.29 is 14.6 Å². The first-order valence-corrected chi connectivity index (χ1v) is 8.02. The van der Waals surface area contributed by atoms with Gasteiger partial charge in [-0.25, -0.2) is 0 Å². The molecule has 1 fully saturated rings. The van der Waals surface area contributed by atoms with Crippen molar-refractivity contribution in [1.29, 1.82) is 0 Å². The van der Waals surface area contributed by atoms with Crippen LogP contribution in [0.2, 0.25) is 0 Å². The SMILES string of the molecule is CC(=O)CCc1ccc(OCC(O)CC2CCCC2)cc1. The first-order valence-electron chi connectivity index (χ1n) is 8.02. The van der Waals surface area contributed by atoms with E-state index in [1.54, 1.807) is 6.92 Å². The van der Waals surface area contributed by atoms with Crippen molar-refractivity contribution in [3.05, 3.63) is 29.8 Å². The molecular formula is C18H26O3. The number of hydrogen-bond acceptors (Lipinski definition) is 3. The van der Waals surface area contributed by atoms with Crippen LogP contribution < -0.4 is 4.74 Å². The number of ether oxygens (including phenoxy) is 1. The summed E-state index contributed by atoms with van der Waals surface area (Å²) >= 11 is 0. The molecule has 1 saturated carbocycles. The Morgan fingerprint density at radius 3 is 2.57 bits per heavy atom. The highest BCUT2D eigenvalue weighted by atomic mass is 16.5. The molecule has 0 saturated heterocycles. The van der Waals surface area contributed by atoms with Gasteiger partial charge in [-0.1, -0.05) is 37.8 Å². The lowest BCUT2D eigenvalue weighted by Gasteiger charge is -2.16. The van der Waals surface area contributed by atoms with Gasteiger partial charge in [0.1, 0.15) is 18.1 Å². The topological polar surface area (TPSA) is 46.5 Å². The van der Waals surface area contributed by atoms with E-state index in [1.807, 2.05) is 24.3 Å². The number of benzene rings is 1. The standard InChI is InChI=1S/C18H26O3/c1-14(19)6-7-15-8-10-18(11-9-15)21-13-17(20)12-16-4-2-3-5-16/h8-11,16-17,20H,2-7,12-13H2,1H3. The summed E-state index contributed by atoms with van der Waals surface area (Å²) in [4.78, 5) is 11.0. The Hall–Kier alpha value is -1.35. The fourth-order valence-electron chi connectivity index (χ4n) is 2.96. The Morgan fingerprint density at radius 1 is 1.29 bits per heavy atom. The summed E-state index contributed by atoms with van der Waals surface area (Å²) in [6.45, 7) is 1.98. The Balaban J connectivity index is 1.71. The molecule has 1 N–H and O–H groups in total. The van der Waals surface area contributed by atoms with Crippen LogP contribution >= 0.6 is 0 Å². The molecule has 3 heteroatoms.